The molecule has 0 bridgehead atoms. The SMILES string of the molecule is CCCCC(C)(CC)C(P(c1ccccc1)c1ccccc1)P(c1ccccc1)c1ccccc1. The summed E-state index contributed by atoms with van der Waals surface area (Å²) in [4.78, 5) is 0. The molecule has 0 nitrogen and oxygen atoms in total. The first-order valence-corrected chi connectivity index (χ1v) is 15.8. The Morgan fingerprint density at radius 3 is 1.11 bits per heavy atom. The van der Waals surface area contributed by atoms with Gasteiger partial charge in [0.05, 0.1) is 0 Å². The average molecular weight is 497 g/mol. The first-order chi connectivity index (χ1) is 17.2. The van der Waals surface area contributed by atoms with Gasteiger partial charge in [-0.25, -0.2) is 0 Å². The van der Waals surface area contributed by atoms with Gasteiger partial charge in [0.15, 0.2) is 0 Å². The summed E-state index contributed by atoms with van der Waals surface area (Å²) in [6, 6.07) is 45.5. The minimum absolute atomic E-state index is 0.227. The van der Waals surface area contributed by atoms with Crippen molar-refractivity contribution in [3.63, 3.8) is 0 Å². The third kappa shape index (κ3) is 6.12. The summed E-state index contributed by atoms with van der Waals surface area (Å²) >= 11 is 0. The van der Waals surface area contributed by atoms with Gasteiger partial charge in [-0.3, -0.25) is 0 Å². The van der Waals surface area contributed by atoms with Crippen LogP contribution in [0.3, 0.4) is 0 Å². The van der Waals surface area contributed by atoms with E-state index in [2.05, 4.69) is 142 Å². The fourth-order valence-corrected chi connectivity index (χ4v) is 13.1. The van der Waals surface area contributed by atoms with Crippen molar-refractivity contribution in [2.75, 3.05) is 0 Å². The van der Waals surface area contributed by atoms with Crippen LogP contribution in [0.1, 0.15) is 46.5 Å². The minimum Gasteiger partial charge on any atom is -0.0654 e. The van der Waals surface area contributed by atoms with Crippen LogP contribution < -0.4 is 21.2 Å². The van der Waals surface area contributed by atoms with E-state index >= 15 is 0 Å². The maximum absolute atomic E-state index is 2.59. The van der Waals surface area contributed by atoms with Crippen LogP contribution in [0.25, 0.3) is 0 Å². The fraction of sp³-hybridized carbons (Fsp3) is 0.273. The molecule has 0 spiro atoms. The van der Waals surface area contributed by atoms with E-state index in [1.165, 1.54) is 46.9 Å². The van der Waals surface area contributed by atoms with Gasteiger partial charge in [-0.1, -0.05) is 155 Å². The smallest absolute Gasteiger partial charge is 0.0208 e. The summed E-state index contributed by atoms with van der Waals surface area (Å²) < 4.78 is 0. The fourth-order valence-electron chi connectivity index (χ4n) is 5.03. The van der Waals surface area contributed by atoms with Gasteiger partial charge in [-0.05, 0) is 55.3 Å². The number of hydrogen-bond acceptors (Lipinski definition) is 0. The molecule has 0 saturated carbocycles. The first-order valence-electron chi connectivity index (χ1n) is 13.0. The van der Waals surface area contributed by atoms with Crippen molar-refractivity contribution < 1.29 is 0 Å². The molecule has 0 N–H and O–H groups in total. The molecule has 0 amide bonds. The minimum atomic E-state index is -0.582. The monoisotopic (exact) mass is 496 g/mol. The van der Waals surface area contributed by atoms with Gasteiger partial charge < -0.3 is 0 Å². The Morgan fingerprint density at radius 2 is 0.857 bits per heavy atom. The van der Waals surface area contributed by atoms with Gasteiger partial charge in [0.2, 0.25) is 0 Å². The summed E-state index contributed by atoms with van der Waals surface area (Å²) in [6.07, 6.45) is 4.97. The molecular formula is C33H38P2. The van der Waals surface area contributed by atoms with Gasteiger partial charge in [0.25, 0.3) is 0 Å². The number of benzene rings is 4. The molecule has 0 aliphatic carbocycles. The highest BCUT2D eigenvalue weighted by Crippen LogP contribution is 2.64. The second kappa shape index (κ2) is 12.6. The third-order valence-corrected chi connectivity index (χ3v) is 14.2. The van der Waals surface area contributed by atoms with Crippen LogP contribution in [-0.4, -0.2) is 5.40 Å². The Morgan fingerprint density at radius 1 is 0.543 bits per heavy atom. The van der Waals surface area contributed by atoms with E-state index in [0.717, 1.165) is 0 Å². The van der Waals surface area contributed by atoms with Crippen molar-refractivity contribution in [3.8, 4) is 0 Å². The molecule has 0 heterocycles. The zero-order valence-electron chi connectivity index (χ0n) is 21.3. The zero-order chi connectivity index (χ0) is 24.5. The molecule has 1 unspecified atom stereocenters. The summed E-state index contributed by atoms with van der Waals surface area (Å²) in [5, 5.41) is 6.51. The maximum atomic E-state index is 2.59. The number of rotatable bonds is 11. The average Bonchev–Trinajstić information content (AvgIpc) is 2.94. The summed E-state index contributed by atoms with van der Waals surface area (Å²) in [5.41, 5.74) is 0.227. The quantitative estimate of drug-likeness (QED) is 0.184. The summed E-state index contributed by atoms with van der Waals surface area (Å²) in [7, 11) is -1.16. The van der Waals surface area contributed by atoms with Crippen molar-refractivity contribution in [2.45, 2.75) is 51.9 Å². The lowest BCUT2D eigenvalue weighted by Gasteiger charge is -2.47. The van der Waals surface area contributed by atoms with Gasteiger partial charge in [0.1, 0.15) is 0 Å². The molecule has 4 rings (SSSR count). The van der Waals surface area contributed by atoms with E-state index in [9.17, 15) is 0 Å². The van der Waals surface area contributed by atoms with Gasteiger partial charge >= 0.3 is 0 Å². The van der Waals surface area contributed by atoms with Crippen LogP contribution in [0.15, 0.2) is 121 Å². The highest BCUT2D eigenvalue weighted by atomic mass is 31.2. The Bertz CT molecular complexity index is 967. The molecule has 0 aliphatic heterocycles. The third-order valence-electron chi connectivity index (χ3n) is 7.16. The molecule has 0 fully saturated rings. The van der Waals surface area contributed by atoms with E-state index in [-0.39, 0.29) is 5.41 Å². The van der Waals surface area contributed by atoms with E-state index < -0.39 is 15.8 Å². The Kier molecular flexibility index (Phi) is 9.31. The molecule has 0 radical (unpaired) electrons. The topological polar surface area (TPSA) is 0 Å². The van der Waals surface area contributed by atoms with E-state index in [1.807, 2.05) is 0 Å². The molecule has 0 aromatic heterocycles. The second-order valence-corrected chi connectivity index (χ2v) is 14.6. The molecule has 4 aromatic carbocycles. The van der Waals surface area contributed by atoms with Crippen molar-refractivity contribution in [1.82, 2.24) is 0 Å². The van der Waals surface area contributed by atoms with Crippen LogP contribution in [-0.2, 0) is 0 Å². The van der Waals surface area contributed by atoms with E-state index in [0.29, 0.717) is 5.40 Å². The highest BCUT2D eigenvalue weighted by molar-refractivity contribution is 7.89. The summed E-state index contributed by atoms with van der Waals surface area (Å²) in [5.74, 6) is 0. The Hall–Kier alpha value is -2.26. The van der Waals surface area contributed by atoms with Crippen molar-refractivity contribution in [2.24, 2.45) is 5.41 Å². The Balaban J connectivity index is 2.01. The summed E-state index contributed by atoms with van der Waals surface area (Å²) in [6.45, 7) is 7.35. The normalized spacial score (nSPS) is 13.3. The standard InChI is InChI=1S/C33H38P2/c1-4-6-27-33(3,5-2)32(34(28-19-11-7-12-20-28)29-21-13-8-14-22-29)35(30-23-15-9-16-24-30)31-25-17-10-18-26-31/h7-26,32H,4-6,27H2,1-3H3. The van der Waals surface area contributed by atoms with Crippen LogP contribution in [0.5, 0.6) is 0 Å². The molecule has 180 valence electrons. The lowest BCUT2D eigenvalue weighted by molar-refractivity contribution is 0.302. The van der Waals surface area contributed by atoms with Crippen LogP contribution in [0.2, 0.25) is 0 Å². The molecule has 1 atom stereocenters. The predicted octanol–water partition coefficient (Wildman–Crippen LogP) is 8.18. The number of unbranched alkanes of at least 4 members (excludes halogenated alkanes) is 1. The molecule has 0 aliphatic rings. The molecule has 2 heteroatoms. The Labute approximate surface area is 215 Å². The molecule has 4 aromatic rings. The molecule has 35 heavy (non-hydrogen) atoms. The van der Waals surface area contributed by atoms with Gasteiger partial charge in [0, 0.05) is 5.40 Å². The zero-order valence-corrected chi connectivity index (χ0v) is 23.1. The maximum Gasteiger partial charge on any atom is 0.0208 e. The number of hydrogen-bond donors (Lipinski definition) is 0. The second-order valence-electron chi connectivity index (χ2n) is 9.57. The van der Waals surface area contributed by atoms with Crippen molar-refractivity contribution in [3.05, 3.63) is 121 Å². The highest BCUT2D eigenvalue weighted by Gasteiger charge is 2.44. The largest absolute Gasteiger partial charge is 0.0654 e. The van der Waals surface area contributed by atoms with Crippen LogP contribution in [0.4, 0.5) is 0 Å². The lowest BCUT2D eigenvalue weighted by Crippen LogP contribution is -2.39. The first kappa shape index (κ1) is 25.8. The van der Waals surface area contributed by atoms with Gasteiger partial charge in [-0.15, -0.1) is 0 Å². The van der Waals surface area contributed by atoms with E-state index in [1.54, 1.807) is 0 Å². The molecule has 0 saturated heterocycles. The predicted molar refractivity (Wildman–Crippen MR) is 160 cm³/mol. The van der Waals surface area contributed by atoms with Crippen LogP contribution in [0, 0.1) is 5.41 Å². The van der Waals surface area contributed by atoms with Gasteiger partial charge in [-0.2, -0.15) is 0 Å². The lowest BCUT2D eigenvalue weighted by atomic mass is 9.84. The van der Waals surface area contributed by atoms with Crippen LogP contribution >= 0.6 is 15.8 Å². The van der Waals surface area contributed by atoms with Crippen molar-refractivity contribution >= 4 is 37.1 Å². The molecular weight excluding hydrogens is 458 g/mol. The van der Waals surface area contributed by atoms with Crippen molar-refractivity contribution in [1.29, 1.82) is 0 Å². The van der Waals surface area contributed by atoms with E-state index in [4.69, 9.17) is 0 Å².